The Bertz CT molecular complexity index is 866. The lowest BCUT2D eigenvalue weighted by Gasteiger charge is -2.40. The van der Waals surface area contributed by atoms with Crippen LogP contribution in [0.15, 0.2) is 18.2 Å². The van der Waals surface area contributed by atoms with E-state index in [-0.39, 0.29) is 0 Å². The van der Waals surface area contributed by atoms with Gasteiger partial charge in [0, 0.05) is 35.7 Å². The summed E-state index contributed by atoms with van der Waals surface area (Å²) < 4.78 is 0. The smallest absolute Gasteiger partial charge is 0.338 e. The number of rotatable bonds is 4. The van der Waals surface area contributed by atoms with Crippen LogP contribution in [0.3, 0.4) is 0 Å². The van der Waals surface area contributed by atoms with E-state index in [2.05, 4.69) is 42.8 Å². The maximum atomic E-state index is 11.6. The molecule has 26 heavy (non-hydrogen) atoms. The number of aryl methyl sites for hydroxylation is 1. The highest BCUT2D eigenvalue weighted by Gasteiger charge is 2.49. The first-order chi connectivity index (χ1) is 12.2. The van der Waals surface area contributed by atoms with E-state index in [1.54, 1.807) is 0 Å². The molecule has 2 heterocycles. The molecule has 2 atom stereocenters. The fourth-order valence-corrected chi connectivity index (χ4v) is 5.92. The summed E-state index contributed by atoms with van der Waals surface area (Å²) in [5, 5.41) is 10.3. The van der Waals surface area contributed by atoms with E-state index >= 15 is 0 Å². The summed E-state index contributed by atoms with van der Waals surface area (Å²) in [4.78, 5) is 17.4. The lowest BCUT2D eigenvalue weighted by atomic mass is 9.65. The number of benzene rings is 1. The van der Waals surface area contributed by atoms with E-state index in [0.29, 0.717) is 22.4 Å². The lowest BCUT2D eigenvalue weighted by molar-refractivity contribution is 0.0698. The predicted molar refractivity (Wildman–Crippen MR) is 105 cm³/mol. The van der Waals surface area contributed by atoms with Gasteiger partial charge in [-0.25, -0.2) is 4.79 Å². The summed E-state index contributed by atoms with van der Waals surface area (Å²) in [7, 11) is 0. The molecule has 1 saturated carbocycles. The van der Waals surface area contributed by atoms with Crippen molar-refractivity contribution in [3.05, 3.63) is 35.0 Å². The van der Waals surface area contributed by atoms with Gasteiger partial charge in [0.2, 0.25) is 0 Å². The number of hydrogen-bond acceptors (Lipinski definition) is 2. The number of nitrogens with zero attached hydrogens (tertiary/aromatic N) is 1. The molecule has 2 unspecified atom stereocenters. The van der Waals surface area contributed by atoms with Crippen LogP contribution in [-0.2, 0) is 6.42 Å². The first kappa shape index (κ1) is 17.6. The Labute approximate surface area is 155 Å². The summed E-state index contributed by atoms with van der Waals surface area (Å²) in [6.45, 7) is 11.4. The van der Waals surface area contributed by atoms with Crippen molar-refractivity contribution in [2.75, 3.05) is 13.1 Å². The zero-order chi connectivity index (χ0) is 18.7. The van der Waals surface area contributed by atoms with Gasteiger partial charge in [-0.2, -0.15) is 0 Å². The van der Waals surface area contributed by atoms with Gasteiger partial charge in [-0.05, 0) is 61.1 Å². The van der Waals surface area contributed by atoms with Crippen molar-refractivity contribution >= 4 is 16.9 Å². The van der Waals surface area contributed by atoms with Crippen LogP contribution in [0.25, 0.3) is 10.9 Å². The van der Waals surface area contributed by atoms with E-state index in [1.807, 2.05) is 13.0 Å². The molecule has 0 spiro atoms. The number of nitrogens with one attached hydrogen (secondary N) is 1. The summed E-state index contributed by atoms with van der Waals surface area (Å²) in [6.07, 6.45) is 4.92. The van der Waals surface area contributed by atoms with Crippen molar-refractivity contribution in [1.29, 1.82) is 0 Å². The fourth-order valence-electron chi connectivity index (χ4n) is 5.92. The summed E-state index contributed by atoms with van der Waals surface area (Å²) in [5.41, 5.74) is 4.19. The molecule has 1 saturated heterocycles. The molecule has 1 aliphatic heterocycles. The molecule has 1 aromatic heterocycles. The van der Waals surface area contributed by atoms with Crippen LogP contribution in [0.2, 0.25) is 0 Å². The highest BCUT2D eigenvalue weighted by atomic mass is 16.4. The number of aromatic nitrogens is 1. The van der Waals surface area contributed by atoms with Crippen molar-refractivity contribution < 1.29 is 9.90 Å². The van der Waals surface area contributed by atoms with Gasteiger partial charge in [0.1, 0.15) is 0 Å². The second kappa shape index (κ2) is 5.85. The number of H-pyrrole nitrogens is 1. The number of hydrogen-bond donors (Lipinski definition) is 2. The molecular formula is C22H30N2O2. The molecule has 1 aliphatic carbocycles. The van der Waals surface area contributed by atoms with Crippen LogP contribution in [0.5, 0.6) is 0 Å². The quantitative estimate of drug-likeness (QED) is 0.842. The number of likely N-dealkylation sites (tertiary alicyclic amines) is 1. The van der Waals surface area contributed by atoms with Gasteiger partial charge in [0.05, 0.1) is 5.56 Å². The number of carboxylic acid groups (broad SMARTS) is 1. The van der Waals surface area contributed by atoms with Gasteiger partial charge >= 0.3 is 5.97 Å². The van der Waals surface area contributed by atoms with Crippen LogP contribution in [0, 0.1) is 17.8 Å². The number of aromatic carboxylic acids is 1. The molecule has 2 aromatic rings. The topological polar surface area (TPSA) is 56.3 Å². The van der Waals surface area contributed by atoms with Gasteiger partial charge in [-0.3, -0.25) is 4.90 Å². The zero-order valence-electron chi connectivity index (χ0n) is 16.4. The van der Waals surface area contributed by atoms with Crippen LogP contribution in [0.4, 0.5) is 0 Å². The van der Waals surface area contributed by atoms with Crippen molar-refractivity contribution in [1.82, 2.24) is 9.88 Å². The third-order valence-corrected chi connectivity index (χ3v) is 6.48. The van der Waals surface area contributed by atoms with Crippen LogP contribution in [-0.4, -0.2) is 40.1 Å². The van der Waals surface area contributed by atoms with Gasteiger partial charge in [-0.15, -0.1) is 0 Å². The van der Waals surface area contributed by atoms with Gasteiger partial charge in [-0.1, -0.05) is 26.8 Å². The third-order valence-electron chi connectivity index (χ3n) is 6.48. The molecule has 2 N–H and O–H groups in total. The molecule has 140 valence electrons. The highest BCUT2D eigenvalue weighted by molar-refractivity contribution is 6.04. The van der Waals surface area contributed by atoms with Gasteiger partial charge in [0.15, 0.2) is 0 Å². The maximum absolute atomic E-state index is 11.6. The standard InChI is InChI=1S/C22H30N2O2/c1-14-19(20(25)26)17-9-15(5-6-18(17)23-14)7-8-24-13-22(4)11-16(24)10-21(2,3)12-22/h5-6,9,16,23H,7-8,10-13H2,1-4H3,(H,25,26). The van der Waals surface area contributed by atoms with E-state index < -0.39 is 5.97 Å². The predicted octanol–water partition coefficient (Wildman–Crippen LogP) is 4.62. The Morgan fingerprint density at radius 2 is 2.08 bits per heavy atom. The van der Waals surface area contributed by atoms with E-state index in [9.17, 15) is 9.90 Å². The van der Waals surface area contributed by atoms with E-state index in [4.69, 9.17) is 0 Å². The normalized spacial score (nSPS) is 27.9. The van der Waals surface area contributed by atoms with Crippen LogP contribution in [0.1, 0.15) is 61.6 Å². The van der Waals surface area contributed by atoms with Crippen molar-refractivity contribution in [3.8, 4) is 0 Å². The molecule has 2 fully saturated rings. The Balaban J connectivity index is 1.52. The van der Waals surface area contributed by atoms with Crippen LogP contribution < -0.4 is 0 Å². The second-order valence-electron chi connectivity index (χ2n) is 9.74. The first-order valence-corrected chi connectivity index (χ1v) is 9.74. The van der Waals surface area contributed by atoms with E-state index in [1.165, 1.54) is 31.4 Å². The zero-order valence-corrected chi connectivity index (χ0v) is 16.4. The Hall–Kier alpha value is -1.81. The van der Waals surface area contributed by atoms with Gasteiger partial charge in [0.25, 0.3) is 0 Å². The Kier molecular flexibility index (Phi) is 3.96. The SMILES string of the molecule is Cc1[nH]c2ccc(CCN3CC4(C)CC3CC(C)(C)C4)cc2c1C(=O)O. The largest absolute Gasteiger partial charge is 0.478 e. The number of fused-ring (bicyclic) bond motifs is 3. The summed E-state index contributed by atoms with van der Waals surface area (Å²) in [6, 6.07) is 6.93. The molecule has 4 nitrogen and oxygen atoms in total. The number of aromatic amines is 1. The lowest BCUT2D eigenvalue weighted by Crippen LogP contribution is -2.35. The minimum atomic E-state index is -0.852. The van der Waals surface area contributed by atoms with Crippen molar-refractivity contribution in [2.24, 2.45) is 10.8 Å². The van der Waals surface area contributed by atoms with Crippen LogP contribution >= 0.6 is 0 Å². The third kappa shape index (κ3) is 3.05. The van der Waals surface area contributed by atoms with E-state index in [0.717, 1.165) is 29.6 Å². The molecule has 2 aliphatic rings. The maximum Gasteiger partial charge on any atom is 0.338 e. The molecular weight excluding hydrogens is 324 g/mol. The number of carboxylic acids is 1. The second-order valence-corrected chi connectivity index (χ2v) is 9.74. The first-order valence-electron chi connectivity index (χ1n) is 9.74. The summed E-state index contributed by atoms with van der Waals surface area (Å²) in [5.74, 6) is -0.852. The molecule has 0 amide bonds. The Morgan fingerprint density at radius 3 is 2.81 bits per heavy atom. The molecule has 2 bridgehead atoms. The highest BCUT2D eigenvalue weighted by Crippen LogP contribution is 2.52. The monoisotopic (exact) mass is 354 g/mol. The minimum Gasteiger partial charge on any atom is -0.478 e. The van der Waals surface area contributed by atoms with Crippen molar-refractivity contribution in [3.63, 3.8) is 0 Å². The number of carbonyl (C=O) groups is 1. The fraction of sp³-hybridized carbons (Fsp3) is 0.591. The molecule has 4 rings (SSSR count). The van der Waals surface area contributed by atoms with Crippen molar-refractivity contribution in [2.45, 2.75) is 59.4 Å². The average Bonchev–Trinajstić information content (AvgIpc) is 2.96. The van der Waals surface area contributed by atoms with Gasteiger partial charge < -0.3 is 10.1 Å². The molecule has 1 aromatic carbocycles. The average molecular weight is 354 g/mol. The minimum absolute atomic E-state index is 0.410. The Morgan fingerprint density at radius 1 is 1.31 bits per heavy atom. The molecule has 0 radical (unpaired) electrons. The molecule has 4 heteroatoms. The summed E-state index contributed by atoms with van der Waals surface area (Å²) >= 11 is 0.